The zero-order chi connectivity index (χ0) is 15.2. The number of carbonyl (C=O) groups is 2. The lowest BCUT2D eigenvalue weighted by atomic mass is 10.5. The van der Waals surface area contributed by atoms with E-state index < -0.39 is 5.97 Å². The Morgan fingerprint density at radius 2 is 1.72 bits per heavy atom. The number of rotatable bonds is 4. The zero-order valence-corrected chi connectivity index (χ0v) is 12.3. The predicted octanol–water partition coefficient (Wildman–Crippen LogP) is -0.986. The Morgan fingerprint density at radius 1 is 1.33 bits per heavy atom. The second-order valence-electron chi connectivity index (χ2n) is 4.41. The SMILES string of the molecule is C=CCOC(C)=O.CNC.C[N+](C)(C)CC(=O)[O-]. The van der Waals surface area contributed by atoms with Gasteiger partial charge in [0, 0.05) is 6.92 Å². The molecule has 0 rings (SSSR count). The standard InChI is InChI=1S/C5H11NO2.C5H8O2.C2H7N/c1-6(2,3)4-5(7)8;1-3-4-7-5(2)6;1-3-2/h4H2,1-3H3;3H,1,4H2,2H3;3H,1-2H3. The summed E-state index contributed by atoms with van der Waals surface area (Å²) in [6.07, 6.45) is 1.53. The number of hydrogen-bond donors (Lipinski definition) is 1. The number of carboxylic acids is 1. The Balaban J connectivity index is -0.000000207. The first-order valence-electron chi connectivity index (χ1n) is 5.43. The molecule has 0 fully saturated rings. The van der Waals surface area contributed by atoms with E-state index in [0.717, 1.165) is 0 Å². The number of carbonyl (C=O) groups excluding carboxylic acids is 2. The first kappa shape index (κ1) is 21.8. The molecule has 0 heterocycles. The van der Waals surface area contributed by atoms with Gasteiger partial charge in [-0.05, 0) is 14.1 Å². The van der Waals surface area contributed by atoms with Crippen LogP contribution in [0.1, 0.15) is 6.92 Å². The van der Waals surface area contributed by atoms with E-state index in [1.165, 1.54) is 13.0 Å². The molecule has 0 aromatic heterocycles. The molecule has 0 aliphatic rings. The summed E-state index contributed by atoms with van der Waals surface area (Å²) >= 11 is 0. The minimum atomic E-state index is -1.00. The van der Waals surface area contributed by atoms with E-state index in [0.29, 0.717) is 11.1 Å². The molecule has 0 spiro atoms. The van der Waals surface area contributed by atoms with Crippen molar-refractivity contribution < 1.29 is 23.9 Å². The highest BCUT2D eigenvalue weighted by molar-refractivity contribution is 5.66. The molecule has 0 unspecified atom stereocenters. The highest BCUT2D eigenvalue weighted by Gasteiger charge is 2.04. The van der Waals surface area contributed by atoms with Crippen LogP contribution in [0.15, 0.2) is 12.7 Å². The van der Waals surface area contributed by atoms with Gasteiger partial charge in [-0.3, -0.25) is 4.79 Å². The largest absolute Gasteiger partial charge is 0.544 e. The number of hydrogen-bond acceptors (Lipinski definition) is 5. The first-order chi connectivity index (χ1) is 8.10. The molecule has 0 aromatic carbocycles. The summed E-state index contributed by atoms with van der Waals surface area (Å²) in [5, 5.41) is 12.6. The number of esters is 1. The number of nitrogens with zero attached hydrogens (tertiary/aromatic N) is 1. The highest BCUT2D eigenvalue weighted by atomic mass is 16.5. The van der Waals surface area contributed by atoms with Crippen LogP contribution in [0.5, 0.6) is 0 Å². The quantitative estimate of drug-likeness (QED) is 0.400. The molecule has 6 heteroatoms. The molecule has 0 aliphatic heterocycles. The van der Waals surface area contributed by atoms with Crippen LogP contribution in [0.4, 0.5) is 0 Å². The molecule has 108 valence electrons. The molecular formula is C12H26N2O4. The van der Waals surface area contributed by atoms with Crippen molar-refractivity contribution in [1.29, 1.82) is 0 Å². The number of carboxylic acid groups (broad SMARTS) is 1. The molecule has 6 nitrogen and oxygen atoms in total. The van der Waals surface area contributed by atoms with E-state index in [-0.39, 0.29) is 12.5 Å². The van der Waals surface area contributed by atoms with Gasteiger partial charge in [-0.15, -0.1) is 0 Å². The maximum absolute atomic E-state index is 9.93. The van der Waals surface area contributed by atoms with Crippen molar-refractivity contribution in [2.24, 2.45) is 0 Å². The van der Waals surface area contributed by atoms with Gasteiger partial charge in [-0.2, -0.15) is 0 Å². The summed E-state index contributed by atoms with van der Waals surface area (Å²) in [4.78, 5) is 19.8. The van der Waals surface area contributed by atoms with E-state index in [9.17, 15) is 14.7 Å². The van der Waals surface area contributed by atoms with E-state index >= 15 is 0 Å². The van der Waals surface area contributed by atoms with Gasteiger partial charge in [0.2, 0.25) is 0 Å². The number of quaternary nitrogens is 1. The molecule has 0 radical (unpaired) electrons. The van der Waals surface area contributed by atoms with E-state index in [2.05, 4.69) is 16.6 Å². The lowest BCUT2D eigenvalue weighted by Crippen LogP contribution is -2.45. The second kappa shape index (κ2) is 13.7. The van der Waals surface area contributed by atoms with Crippen LogP contribution < -0.4 is 10.4 Å². The molecular weight excluding hydrogens is 236 g/mol. The zero-order valence-electron chi connectivity index (χ0n) is 12.3. The number of ether oxygens (including phenoxy) is 1. The molecule has 1 N–H and O–H groups in total. The topological polar surface area (TPSA) is 78.5 Å². The fourth-order valence-electron chi connectivity index (χ4n) is 0.564. The van der Waals surface area contributed by atoms with Gasteiger partial charge in [0.25, 0.3) is 0 Å². The van der Waals surface area contributed by atoms with Gasteiger partial charge in [0.1, 0.15) is 13.2 Å². The molecule has 0 amide bonds. The minimum Gasteiger partial charge on any atom is -0.544 e. The van der Waals surface area contributed by atoms with Gasteiger partial charge in [0.05, 0.1) is 27.1 Å². The number of aliphatic carboxylic acids is 1. The van der Waals surface area contributed by atoms with Crippen molar-refractivity contribution in [3.63, 3.8) is 0 Å². The summed E-state index contributed by atoms with van der Waals surface area (Å²) < 4.78 is 4.85. The summed E-state index contributed by atoms with van der Waals surface area (Å²) in [6.45, 7) is 5.10. The van der Waals surface area contributed by atoms with Gasteiger partial charge >= 0.3 is 5.97 Å². The van der Waals surface area contributed by atoms with E-state index in [1.807, 2.05) is 14.1 Å². The van der Waals surface area contributed by atoms with E-state index in [1.54, 1.807) is 21.1 Å². The molecule has 0 aromatic rings. The van der Waals surface area contributed by atoms with Crippen molar-refractivity contribution in [2.75, 3.05) is 48.4 Å². The Labute approximate surface area is 110 Å². The molecule has 0 bridgehead atoms. The third-order valence-corrected chi connectivity index (χ3v) is 1.01. The normalized spacial score (nSPS) is 9.00. The number of nitrogens with one attached hydrogen (secondary N) is 1. The van der Waals surface area contributed by atoms with Gasteiger partial charge < -0.3 is 24.4 Å². The van der Waals surface area contributed by atoms with Crippen molar-refractivity contribution >= 4 is 11.9 Å². The molecule has 0 atom stereocenters. The summed E-state index contributed by atoms with van der Waals surface area (Å²) in [5.41, 5.74) is 0. The van der Waals surface area contributed by atoms with E-state index in [4.69, 9.17) is 0 Å². The lowest BCUT2D eigenvalue weighted by Gasteiger charge is -2.23. The fourth-order valence-corrected chi connectivity index (χ4v) is 0.564. The number of likely N-dealkylation sites (N-methyl/N-ethyl adjacent to an activating group) is 1. The average Bonchev–Trinajstić information content (AvgIpc) is 2.12. The van der Waals surface area contributed by atoms with Crippen LogP contribution in [0.25, 0.3) is 0 Å². The van der Waals surface area contributed by atoms with Crippen LogP contribution in [0.2, 0.25) is 0 Å². The smallest absolute Gasteiger partial charge is 0.302 e. The van der Waals surface area contributed by atoms with Gasteiger partial charge in [-0.25, -0.2) is 0 Å². The van der Waals surface area contributed by atoms with Crippen molar-refractivity contribution in [3.8, 4) is 0 Å². The third-order valence-electron chi connectivity index (χ3n) is 1.01. The Bertz CT molecular complexity index is 235. The Hall–Kier alpha value is -1.40. The summed E-state index contributed by atoms with van der Waals surface area (Å²) in [7, 11) is 9.15. The average molecular weight is 262 g/mol. The molecule has 0 saturated carbocycles. The summed E-state index contributed by atoms with van der Waals surface area (Å²) in [5.74, 6) is -1.27. The van der Waals surface area contributed by atoms with Crippen molar-refractivity contribution in [2.45, 2.75) is 6.92 Å². The Morgan fingerprint density at radius 3 is 1.78 bits per heavy atom. The van der Waals surface area contributed by atoms with Gasteiger partial charge in [-0.1, -0.05) is 12.7 Å². The highest BCUT2D eigenvalue weighted by Crippen LogP contribution is 1.84. The molecule has 0 aliphatic carbocycles. The summed E-state index contributed by atoms with van der Waals surface area (Å²) in [6, 6.07) is 0. The van der Waals surface area contributed by atoms with Crippen LogP contribution in [0, 0.1) is 0 Å². The van der Waals surface area contributed by atoms with Gasteiger partial charge in [0.15, 0.2) is 0 Å². The van der Waals surface area contributed by atoms with Crippen molar-refractivity contribution in [1.82, 2.24) is 5.32 Å². The van der Waals surface area contributed by atoms with Crippen LogP contribution >= 0.6 is 0 Å². The van der Waals surface area contributed by atoms with Crippen LogP contribution in [0.3, 0.4) is 0 Å². The van der Waals surface area contributed by atoms with Crippen LogP contribution in [-0.4, -0.2) is 64.8 Å². The Kier molecular flexibility index (Phi) is 16.6. The predicted molar refractivity (Wildman–Crippen MR) is 69.7 cm³/mol. The first-order valence-corrected chi connectivity index (χ1v) is 5.43. The van der Waals surface area contributed by atoms with Crippen LogP contribution in [-0.2, 0) is 14.3 Å². The maximum atomic E-state index is 9.93. The second-order valence-corrected chi connectivity index (χ2v) is 4.41. The fraction of sp³-hybridized carbons (Fsp3) is 0.667. The lowest BCUT2D eigenvalue weighted by molar-refractivity contribution is -0.864. The monoisotopic (exact) mass is 262 g/mol. The molecule has 0 saturated heterocycles. The third kappa shape index (κ3) is 46.8. The maximum Gasteiger partial charge on any atom is 0.302 e. The molecule has 18 heavy (non-hydrogen) atoms. The minimum absolute atomic E-state index is 0.0694. The van der Waals surface area contributed by atoms with Crippen molar-refractivity contribution in [3.05, 3.63) is 12.7 Å².